The van der Waals surface area contributed by atoms with Crippen LogP contribution in [0.2, 0.25) is 0 Å². The Kier molecular flexibility index (Phi) is 5.61. The molecule has 0 amide bonds. The van der Waals surface area contributed by atoms with E-state index in [9.17, 15) is 0 Å². The van der Waals surface area contributed by atoms with Crippen LogP contribution in [0.25, 0.3) is 39.3 Å². The van der Waals surface area contributed by atoms with Crippen molar-refractivity contribution in [1.29, 1.82) is 0 Å². The van der Waals surface area contributed by atoms with Gasteiger partial charge in [-0.3, -0.25) is 0 Å². The molecule has 156 valence electrons. The van der Waals surface area contributed by atoms with Gasteiger partial charge in [0.25, 0.3) is 0 Å². The van der Waals surface area contributed by atoms with Crippen molar-refractivity contribution in [1.82, 2.24) is 9.78 Å². The van der Waals surface area contributed by atoms with E-state index in [-0.39, 0.29) is 0 Å². The Labute approximate surface area is 196 Å². The molecule has 4 aromatic carbocycles. The summed E-state index contributed by atoms with van der Waals surface area (Å²) < 4.78 is 8.45. The first-order valence-corrected chi connectivity index (χ1v) is 11.2. The summed E-state index contributed by atoms with van der Waals surface area (Å²) in [6, 6.07) is 37.2. The van der Waals surface area contributed by atoms with E-state index in [1.54, 1.807) is 7.11 Å². The zero-order valence-electron chi connectivity index (χ0n) is 17.6. The number of aromatic nitrogens is 2. The number of hydrogen-bond acceptors (Lipinski definition) is 2. The maximum atomic E-state index is 5.37. The largest absolute Gasteiger partial charge is 0.497 e. The first kappa shape index (κ1) is 20.3. The van der Waals surface area contributed by atoms with E-state index in [4.69, 9.17) is 9.84 Å². The smallest absolute Gasteiger partial charge is 0.118 e. The van der Waals surface area contributed by atoms with Gasteiger partial charge in [0, 0.05) is 21.2 Å². The van der Waals surface area contributed by atoms with E-state index in [2.05, 4.69) is 88.7 Å². The molecule has 0 unspecified atom stereocenters. The van der Waals surface area contributed by atoms with Crippen LogP contribution in [0.5, 0.6) is 5.75 Å². The second-order valence-electron chi connectivity index (χ2n) is 7.42. The fourth-order valence-corrected chi connectivity index (χ4v) is 4.14. The lowest BCUT2D eigenvalue weighted by Gasteiger charge is -2.11. The standard InChI is InChI=1S/C28H21BrN2O/c1-32-25-18-12-21(13-19-25)27-26(20-8-4-2-5-9-20)28(22-10-6-3-7-11-22)31(30-27)24-16-14-23(29)15-17-24/h2-19H,1H3. The quantitative estimate of drug-likeness (QED) is 0.258. The van der Waals surface area contributed by atoms with Crippen molar-refractivity contribution in [2.75, 3.05) is 7.11 Å². The maximum Gasteiger partial charge on any atom is 0.118 e. The summed E-state index contributed by atoms with van der Waals surface area (Å²) in [4.78, 5) is 0. The molecule has 4 heteroatoms. The van der Waals surface area contributed by atoms with E-state index in [0.717, 1.165) is 49.6 Å². The van der Waals surface area contributed by atoms with Gasteiger partial charge in [0.2, 0.25) is 0 Å². The summed E-state index contributed by atoms with van der Waals surface area (Å²) >= 11 is 3.55. The van der Waals surface area contributed by atoms with Crippen LogP contribution >= 0.6 is 15.9 Å². The first-order valence-electron chi connectivity index (χ1n) is 10.4. The number of hydrogen-bond donors (Lipinski definition) is 0. The molecule has 0 saturated carbocycles. The fourth-order valence-electron chi connectivity index (χ4n) is 3.88. The lowest BCUT2D eigenvalue weighted by Crippen LogP contribution is -1.99. The number of rotatable bonds is 5. The average molecular weight is 481 g/mol. The Bertz CT molecular complexity index is 1330. The van der Waals surface area contributed by atoms with Gasteiger partial charge >= 0.3 is 0 Å². The van der Waals surface area contributed by atoms with Gasteiger partial charge in [-0.25, -0.2) is 4.68 Å². The number of halogens is 1. The molecule has 1 heterocycles. The van der Waals surface area contributed by atoms with Gasteiger partial charge in [-0.15, -0.1) is 0 Å². The number of ether oxygens (including phenoxy) is 1. The van der Waals surface area contributed by atoms with Gasteiger partial charge in [0.15, 0.2) is 0 Å². The highest BCUT2D eigenvalue weighted by atomic mass is 79.9. The number of nitrogens with zero attached hydrogens (tertiary/aromatic N) is 2. The molecule has 32 heavy (non-hydrogen) atoms. The third-order valence-electron chi connectivity index (χ3n) is 5.43. The SMILES string of the molecule is COc1ccc(-c2nn(-c3ccc(Br)cc3)c(-c3ccccc3)c2-c2ccccc2)cc1. The van der Waals surface area contributed by atoms with Crippen LogP contribution in [0.4, 0.5) is 0 Å². The van der Waals surface area contributed by atoms with Crippen LogP contribution in [-0.2, 0) is 0 Å². The second kappa shape index (κ2) is 8.85. The van der Waals surface area contributed by atoms with E-state index >= 15 is 0 Å². The molecule has 0 saturated heterocycles. The minimum absolute atomic E-state index is 0.825. The molecule has 0 atom stereocenters. The highest BCUT2D eigenvalue weighted by Crippen LogP contribution is 2.41. The first-order chi connectivity index (χ1) is 15.7. The predicted molar refractivity (Wildman–Crippen MR) is 134 cm³/mol. The monoisotopic (exact) mass is 480 g/mol. The topological polar surface area (TPSA) is 27.1 Å². The molecular formula is C28H21BrN2O. The van der Waals surface area contributed by atoms with Crippen LogP contribution in [0.3, 0.4) is 0 Å². The molecule has 0 aliphatic heterocycles. The minimum Gasteiger partial charge on any atom is -0.497 e. The summed E-state index contributed by atoms with van der Waals surface area (Å²) in [6.45, 7) is 0. The molecule has 0 N–H and O–H groups in total. The Morgan fingerprint density at radius 3 is 1.84 bits per heavy atom. The highest BCUT2D eigenvalue weighted by molar-refractivity contribution is 9.10. The minimum atomic E-state index is 0.825. The summed E-state index contributed by atoms with van der Waals surface area (Å²) in [7, 11) is 1.68. The second-order valence-corrected chi connectivity index (χ2v) is 8.34. The average Bonchev–Trinajstić information content (AvgIpc) is 3.26. The van der Waals surface area contributed by atoms with E-state index in [1.807, 2.05) is 41.1 Å². The summed E-state index contributed by atoms with van der Waals surface area (Å²) in [5, 5.41) is 5.15. The Hall–Kier alpha value is -3.63. The van der Waals surface area contributed by atoms with Crippen molar-refractivity contribution in [3.63, 3.8) is 0 Å². The number of benzene rings is 4. The van der Waals surface area contributed by atoms with Crippen LogP contribution in [0.1, 0.15) is 0 Å². The lowest BCUT2D eigenvalue weighted by molar-refractivity contribution is 0.415. The lowest BCUT2D eigenvalue weighted by atomic mass is 9.95. The molecule has 0 radical (unpaired) electrons. The molecule has 5 rings (SSSR count). The molecular weight excluding hydrogens is 460 g/mol. The highest BCUT2D eigenvalue weighted by Gasteiger charge is 2.22. The zero-order chi connectivity index (χ0) is 21.9. The van der Waals surface area contributed by atoms with Crippen molar-refractivity contribution in [2.45, 2.75) is 0 Å². The van der Waals surface area contributed by atoms with Gasteiger partial charge in [-0.2, -0.15) is 5.10 Å². The third-order valence-corrected chi connectivity index (χ3v) is 5.96. The summed E-state index contributed by atoms with van der Waals surface area (Å²) in [5.74, 6) is 0.825. The Balaban J connectivity index is 1.84. The van der Waals surface area contributed by atoms with Gasteiger partial charge < -0.3 is 4.74 Å². The van der Waals surface area contributed by atoms with E-state index in [1.165, 1.54) is 0 Å². The van der Waals surface area contributed by atoms with Crippen LogP contribution in [0.15, 0.2) is 114 Å². The van der Waals surface area contributed by atoms with Gasteiger partial charge in [-0.1, -0.05) is 76.6 Å². The van der Waals surface area contributed by atoms with Gasteiger partial charge in [-0.05, 0) is 54.1 Å². The van der Waals surface area contributed by atoms with Gasteiger partial charge in [0.05, 0.1) is 18.5 Å². The molecule has 0 aliphatic rings. The van der Waals surface area contributed by atoms with Crippen LogP contribution < -0.4 is 4.74 Å². The molecule has 0 fully saturated rings. The van der Waals surface area contributed by atoms with E-state index < -0.39 is 0 Å². The van der Waals surface area contributed by atoms with Crippen molar-refractivity contribution < 1.29 is 4.74 Å². The van der Waals surface area contributed by atoms with Crippen molar-refractivity contribution >= 4 is 15.9 Å². The molecule has 0 aliphatic carbocycles. The van der Waals surface area contributed by atoms with Crippen molar-refractivity contribution in [3.8, 4) is 45.1 Å². The molecule has 0 bridgehead atoms. The van der Waals surface area contributed by atoms with Gasteiger partial charge in [0.1, 0.15) is 11.4 Å². The van der Waals surface area contributed by atoms with Crippen LogP contribution in [-0.4, -0.2) is 16.9 Å². The molecule has 3 nitrogen and oxygen atoms in total. The third kappa shape index (κ3) is 3.85. The molecule has 1 aromatic heterocycles. The Morgan fingerprint density at radius 1 is 0.656 bits per heavy atom. The Morgan fingerprint density at radius 2 is 1.25 bits per heavy atom. The van der Waals surface area contributed by atoms with Crippen LogP contribution in [0, 0.1) is 0 Å². The molecule has 0 spiro atoms. The number of methoxy groups -OCH3 is 1. The predicted octanol–water partition coefficient (Wildman–Crippen LogP) is 7.64. The normalized spacial score (nSPS) is 10.8. The maximum absolute atomic E-state index is 5.37. The fraction of sp³-hybridized carbons (Fsp3) is 0.0357. The van der Waals surface area contributed by atoms with Crippen molar-refractivity contribution in [2.24, 2.45) is 0 Å². The summed E-state index contributed by atoms with van der Waals surface area (Å²) in [6.07, 6.45) is 0. The van der Waals surface area contributed by atoms with Crippen molar-refractivity contribution in [3.05, 3.63) is 114 Å². The molecule has 5 aromatic rings. The summed E-state index contributed by atoms with van der Waals surface area (Å²) in [5.41, 5.74) is 7.37. The zero-order valence-corrected chi connectivity index (χ0v) is 19.2. The van der Waals surface area contributed by atoms with E-state index in [0.29, 0.717) is 0 Å².